The Labute approximate surface area is 323 Å². The molecule has 5 atom stereocenters. The molecule has 2 saturated heterocycles. The summed E-state index contributed by atoms with van der Waals surface area (Å²) in [6, 6.07) is 7.95. The van der Waals surface area contributed by atoms with Crippen LogP contribution in [0.4, 0.5) is 0 Å². The van der Waals surface area contributed by atoms with Gasteiger partial charge in [-0.3, -0.25) is 24.0 Å². The minimum Gasteiger partial charge on any atom is -0.353 e. The van der Waals surface area contributed by atoms with Gasteiger partial charge in [-0.1, -0.05) is 76.6 Å². The van der Waals surface area contributed by atoms with Gasteiger partial charge < -0.3 is 26.1 Å². The first-order chi connectivity index (χ1) is 25.4. The average molecular weight is 750 g/mol. The van der Waals surface area contributed by atoms with Crippen LogP contribution in [0.25, 0.3) is 0 Å². The van der Waals surface area contributed by atoms with Crippen LogP contribution in [-0.2, 0) is 30.4 Å². The Morgan fingerprint density at radius 3 is 2.22 bits per heavy atom. The number of amides is 4. The zero-order chi connectivity index (χ0) is 39.8. The summed E-state index contributed by atoms with van der Waals surface area (Å²) < 4.78 is 0. The number of piperidine rings is 1. The monoisotopic (exact) mass is 750 g/mol. The standard InChI is InChI=1S/C43H67N5O6/c1-28(2)23-32-21-20-31(24-30-15-10-9-11-16-30)41(53)47-22-14-18-36(47)37(49)25-34(29(3)4)39(51)46-35(40(52)45-32)17-12-13-19-38(50)44-33-26-42(5,6)48(54)43(7,8)27-33/h9-11,15-16,20-21,28-29,31-36,54H,12-14,17-19,22-27H2,1-8H3,(H,44,50)(H,45,52)(H,46,51)/b21-20+. The third-order valence-corrected chi connectivity index (χ3v) is 11.5. The van der Waals surface area contributed by atoms with E-state index in [0.717, 1.165) is 12.0 Å². The molecular weight excluding hydrogens is 683 g/mol. The van der Waals surface area contributed by atoms with Crippen LogP contribution in [0.5, 0.6) is 0 Å². The van der Waals surface area contributed by atoms with Crippen LogP contribution < -0.4 is 16.0 Å². The number of carbonyl (C=O) groups excluding carboxylic acids is 5. The largest absolute Gasteiger partial charge is 0.353 e. The Hall–Kier alpha value is -3.57. The molecule has 2 fully saturated rings. The van der Waals surface area contributed by atoms with Gasteiger partial charge >= 0.3 is 0 Å². The number of hydrogen-bond donors (Lipinski definition) is 4. The Morgan fingerprint density at radius 1 is 0.926 bits per heavy atom. The fraction of sp³-hybridized carbons (Fsp3) is 0.698. The second-order valence-electron chi connectivity index (χ2n) is 18.1. The molecule has 0 bridgehead atoms. The van der Waals surface area contributed by atoms with Gasteiger partial charge in [-0.15, -0.1) is 0 Å². The first-order valence-electron chi connectivity index (χ1n) is 20.3. The molecule has 4 N–H and O–H groups in total. The molecule has 1 aromatic rings. The van der Waals surface area contributed by atoms with Gasteiger partial charge in [0.15, 0.2) is 5.78 Å². The number of nitrogens with zero attached hydrogens (tertiary/aromatic N) is 2. The molecule has 11 heteroatoms. The maximum absolute atomic E-state index is 14.2. The van der Waals surface area contributed by atoms with Gasteiger partial charge in [0.25, 0.3) is 0 Å². The van der Waals surface area contributed by atoms with Gasteiger partial charge in [0.05, 0.1) is 12.0 Å². The Balaban J connectivity index is 1.53. The first-order valence-corrected chi connectivity index (χ1v) is 20.3. The van der Waals surface area contributed by atoms with Crippen molar-refractivity contribution >= 4 is 29.4 Å². The summed E-state index contributed by atoms with van der Waals surface area (Å²) in [5.74, 6) is -2.07. The van der Waals surface area contributed by atoms with Gasteiger partial charge in [0, 0.05) is 48.5 Å². The summed E-state index contributed by atoms with van der Waals surface area (Å²) in [4.78, 5) is 70.9. The minimum atomic E-state index is -0.856. The van der Waals surface area contributed by atoms with Crippen molar-refractivity contribution in [1.82, 2.24) is 25.9 Å². The molecule has 5 unspecified atom stereocenters. The lowest BCUT2D eigenvalue weighted by Crippen LogP contribution is -2.62. The molecule has 4 amide bonds. The van der Waals surface area contributed by atoms with Crippen LogP contribution in [0.2, 0.25) is 0 Å². The van der Waals surface area contributed by atoms with Crippen molar-refractivity contribution in [3.8, 4) is 0 Å². The highest BCUT2D eigenvalue weighted by Gasteiger charge is 2.45. The topological polar surface area (TPSA) is 148 Å². The van der Waals surface area contributed by atoms with Gasteiger partial charge in [0.1, 0.15) is 6.04 Å². The maximum Gasteiger partial charge on any atom is 0.243 e. The quantitative estimate of drug-likeness (QED) is 0.167. The predicted octanol–water partition coefficient (Wildman–Crippen LogP) is 5.74. The highest BCUT2D eigenvalue weighted by atomic mass is 16.5. The van der Waals surface area contributed by atoms with E-state index in [9.17, 15) is 29.2 Å². The molecule has 3 heterocycles. The molecule has 300 valence electrons. The van der Waals surface area contributed by atoms with Gasteiger partial charge in [-0.05, 0) is 96.5 Å². The van der Waals surface area contributed by atoms with E-state index >= 15 is 0 Å². The molecule has 4 rings (SSSR count). The molecule has 0 aliphatic carbocycles. The lowest BCUT2D eigenvalue weighted by molar-refractivity contribution is -0.246. The van der Waals surface area contributed by atoms with Crippen LogP contribution in [0, 0.1) is 23.7 Å². The number of hydroxylamine groups is 2. The molecule has 0 aromatic heterocycles. The lowest BCUT2D eigenvalue weighted by Gasteiger charge is -2.51. The van der Waals surface area contributed by atoms with Crippen LogP contribution in [-0.4, -0.2) is 86.4 Å². The van der Waals surface area contributed by atoms with Crippen molar-refractivity contribution in [1.29, 1.82) is 0 Å². The van der Waals surface area contributed by atoms with E-state index in [4.69, 9.17) is 0 Å². The van der Waals surface area contributed by atoms with Crippen LogP contribution in [0.15, 0.2) is 42.5 Å². The molecule has 54 heavy (non-hydrogen) atoms. The fourth-order valence-electron chi connectivity index (χ4n) is 8.77. The van der Waals surface area contributed by atoms with Crippen molar-refractivity contribution < 1.29 is 29.2 Å². The van der Waals surface area contributed by atoms with E-state index in [-0.39, 0.29) is 66.2 Å². The molecule has 3 aliphatic rings. The van der Waals surface area contributed by atoms with Gasteiger partial charge in [-0.25, -0.2) is 0 Å². The molecule has 3 aliphatic heterocycles. The smallest absolute Gasteiger partial charge is 0.243 e. The predicted molar refractivity (Wildman–Crippen MR) is 210 cm³/mol. The number of carbonyl (C=O) groups is 5. The lowest BCUT2D eigenvalue weighted by atomic mass is 9.79. The number of rotatable bonds is 11. The zero-order valence-electron chi connectivity index (χ0n) is 34.0. The summed E-state index contributed by atoms with van der Waals surface area (Å²) in [5, 5.41) is 21.4. The molecule has 0 radical (unpaired) electrons. The zero-order valence-corrected chi connectivity index (χ0v) is 34.0. The van der Waals surface area contributed by atoms with E-state index in [0.29, 0.717) is 57.9 Å². The van der Waals surface area contributed by atoms with Crippen molar-refractivity contribution in [2.45, 2.75) is 161 Å². The van der Waals surface area contributed by atoms with Gasteiger partial charge in [-0.2, -0.15) is 5.06 Å². The Kier molecular flexibility index (Phi) is 15.1. The van der Waals surface area contributed by atoms with E-state index in [1.165, 1.54) is 5.06 Å². The molecule has 11 nitrogen and oxygen atoms in total. The van der Waals surface area contributed by atoms with Crippen molar-refractivity contribution in [3.63, 3.8) is 0 Å². The third kappa shape index (κ3) is 11.7. The number of ketones is 1. The van der Waals surface area contributed by atoms with Crippen molar-refractivity contribution in [2.24, 2.45) is 23.7 Å². The SMILES string of the molecule is CC(C)CC1/C=C/C(Cc2ccccc2)C(=O)N2CCCC2C(=O)CC(C(C)C)C(=O)NC(CCCCC(=O)NC2CC(C)(C)N(O)C(C)(C)C2)C(=O)N1. The molecule has 0 spiro atoms. The number of benzene rings is 1. The van der Waals surface area contributed by atoms with E-state index in [2.05, 4.69) is 29.8 Å². The summed E-state index contributed by atoms with van der Waals surface area (Å²) in [6.07, 6.45) is 9.12. The maximum atomic E-state index is 14.2. The van der Waals surface area contributed by atoms with Crippen molar-refractivity contribution in [2.75, 3.05) is 6.54 Å². The van der Waals surface area contributed by atoms with Gasteiger partial charge in [0.2, 0.25) is 23.6 Å². The summed E-state index contributed by atoms with van der Waals surface area (Å²) >= 11 is 0. The molecule has 1 aromatic carbocycles. The average Bonchev–Trinajstić information content (AvgIpc) is 3.58. The van der Waals surface area contributed by atoms with E-state index in [1.54, 1.807) is 4.90 Å². The van der Waals surface area contributed by atoms with E-state index < -0.39 is 35.0 Å². The number of nitrogens with one attached hydrogen (secondary N) is 3. The minimum absolute atomic E-state index is 0.00948. The second-order valence-corrected chi connectivity index (χ2v) is 18.1. The second kappa shape index (κ2) is 18.8. The third-order valence-electron chi connectivity index (χ3n) is 11.5. The van der Waals surface area contributed by atoms with Crippen LogP contribution in [0.1, 0.15) is 125 Å². The number of unbranched alkanes of at least 4 members (excludes halogenated alkanes) is 1. The number of fused-ring (bicyclic) bond motifs is 1. The Morgan fingerprint density at radius 2 is 1.59 bits per heavy atom. The summed E-state index contributed by atoms with van der Waals surface area (Å²) in [6.45, 7) is 16.3. The fourth-order valence-corrected chi connectivity index (χ4v) is 8.77. The van der Waals surface area contributed by atoms with Crippen LogP contribution in [0.3, 0.4) is 0 Å². The van der Waals surface area contributed by atoms with Crippen LogP contribution >= 0.6 is 0 Å². The normalized spacial score (nSPS) is 27.9. The van der Waals surface area contributed by atoms with Crippen molar-refractivity contribution in [3.05, 3.63) is 48.0 Å². The number of hydrogen-bond acceptors (Lipinski definition) is 7. The first kappa shape index (κ1) is 43.2. The highest BCUT2D eigenvalue weighted by Crippen LogP contribution is 2.36. The summed E-state index contributed by atoms with van der Waals surface area (Å²) in [7, 11) is 0. The Bertz CT molecular complexity index is 1470. The summed E-state index contributed by atoms with van der Waals surface area (Å²) in [5.41, 5.74) is 0.0507. The molecule has 0 saturated carbocycles. The number of Topliss-reactive ketones (excluding diaryl/α,β-unsaturated/α-hetero) is 1. The highest BCUT2D eigenvalue weighted by molar-refractivity contribution is 5.95. The van der Waals surface area contributed by atoms with E-state index in [1.807, 2.05) is 84.0 Å². The molecular formula is C43H67N5O6.